The highest BCUT2D eigenvalue weighted by atomic mass is 79.9. The average molecular weight is 323 g/mol. The van der Waals surface area contributed by atoms with Crippen LogP contribution in [0.1, 0.15) is 5.69 Å². The van der Waals surface area contributed by atoms with Gasteiger partial charge in [-0.25, -0.2) is 4.39 Å². The van der Waals surface area contributed by atoms with Gasteiger partial charge in [0, 0.05) is 12.6 Å². The molecule has 0 radical (unpaired) electrons. The van der Waals surface area contributed by atoms with E-state index in [1.807, 2.05) is 0 Å². The molecule has 2 nitrogen and oxygen atoms in total. The van der Waals surface area contributed by atoms with Gasteiger partial charge in [0.25, 0.3) is 0 Å². The number of benzene rings is 1. The maximum atomic E-state index is 13.1. The van der Waals surface area contributed by atoms with E-state index < -0.39 is 17.7 Å². The van der Waals surface area contributed by atoms with Crippen LogP contribution in [-0.2, 0) is 13.2 Å². The van der Waals surface area contributed by atoms with Crippen molar-refractivity contribution in [3.05, 3.63) is 40.2 Å². The molecule has 2 rings (SSSR count). The standard InChI is InChI=1S/C11H7BrF4N2/c1-18-9(6-3-2-4-7(13)5-6)8(12)10(17-18)11(14,15)16/h2-5H,1H3. The van der Waals surface area contributed by atoms with E-state index in [0.717, 1.165) is 10.7 Å². The number of halogens is 5. The van der Waals surface area contributed by atoms with Gasteiger partial charge in [-0.05, 0) is 28.1 Å². The Hall–Kier alpha value is -1.37. The van der Waals surface area contributed by atoms with Crippen LogP contribution in [0.4, 0.5) is 17.6 Å². The molecule has 0 amide bonds. The number of alkyl halides is 3. The Labute approximate surface area is 108 Å². The number of hydrogen-bond acceptors (Lipinski definition) is 1. The zero-order valence-corrected chi connectivity index (χ0v) is 10.7. The Kier molecular flexibility index (Phi) is 3.18. The van der Waals surface area contributed by atoms with Crippen molar-refractivity contribution in [1.82, 2.24) is 9.78 Å². The quantitative estimate of drug-likeness (QED) is 0.725. The summed E-state index contributed by atoms with van der Waals surface area (Å²) in [5.41, 5.74) is -0.515. The predicted octanol–water partition coefficient (Wildman–Crippen LogP) is 4.01. The summed E-state index contributed by atoms with van der Waals surface area (Å²) in [4.78, 5) is 0. The summed E-state index contributed by atoms with van der Waals surface area (Å²) in [5.74, 6) is -0.519. The van der Waals surface area contributed by atoms with E-state index in [-0.39, 0.29) is 10.2 Å². The third-order valence-electron chi connectivity index (χ3n) is 2.36. The molecule has 0 saturated carbocycles. The van der Waals surface area contributed by atoms with Gasteiger partial charge in [-0.2, -0.15) is 18.3 Å². The largest absolute Gasteiger partial charge is 0.436 e. The summed E-state index contributed by atoms with van der Waals surface area (Å²) < 4.78 is 51.9. The lowest BCUT2D eigenvalue weighted by Crippen LogP contribution is -2.07. The van der Waals surface area contributed by atoms with Gasteiger partial charge in [-0.15, -0.1) is 0 Å². The molecule has 7 heteroatoms. The number of hydrogen-bond donors (Lipinski definition) is 0. The fraction of sp³-hybridized carbons (Fsp3) is 0.182. The first-order valence-corrected chi connectivity index (χ1v) is 5.65. The summed E-state index contributed by atoms with van der Waals surface area (Å²) in [5, 5.41) is 3.41. The van der Waals surface area contributed by atoms with Crippen molar-refractivity contribution in [2.24, 2.45) is 7.05 Å². The molecule has 18 heavy (non-hydrogen) atoms. The second kappa shape index (κ2) is 4.38. The van der Waals surface area contributed by atoms with Crippen LogP contribution in [0.15, 0.2) is 28.7 Å². The molecule has 1 aromatic heterocycles. The smallest absolute Gasteiger partial charge is 0.266 e. The molecule has 0 aliphatic rings. The fourth-order valence-corrected chi connectivity index (χ4v) is 2.42. The van der Waals surface area contributed by atoms with E-state index in [9.17, 15) is 17.6 Å². The SMILES string of the molecule is Cn1nc(C(F)(F)F)c(Br)c1-c1cccc(F)c1. The van der Waals surface area contributed by atoms with Crippen LogP contribution in [0, 0.1) is 5.82 Å². The molecule has 1 aromatic carbocycles. The van der Waals surface area contributed by atoms with E-state index in [2.05, 4.69) is 21.0 Å². The van der Waals surface area contributed by atoms with Gasteiger partial charge in [0.2, 0.25) is 0 Å². The first-order chi connectivity index (χ1) is 8.30. The van der Waals surface area contributed by atoms with Crippen LogP contribution in [0.25, 0.3) is 11.3 Å². The first-order valence-electron chi connectivity index (χ1n) is 4.86. The second-order valence-corrected chi connectivity index (χ2v) is 4.44. The van der Waals surface area contributed by atoms with E-state index in [4.69, 9.17) is 0 Å². The van der Waals surface area contributed by atoms with Crippen molar-refractivity contribution in [3.63, 3.8) is 0 Å². The average Bonchev–Trinajstić information content (AvgIpc) is 2.54. The predicted molar refractivity (Wildman–Crippen MR) is 61.3 cm³/mol. The minimum atomic E-state index is -4.55. The lowest BCUT2D eigenvalue weighted by atomic mass is 10.1. The van der Waals surface area contributed by atoms with E-state index >= 15 is 0 Å². The van der Waals surface area contributed by atoms with E-state index in [1.165, 1.54) is 25.2 Å². The monoisotopic (exact) mass is 322 g/mol. The lowest BCUT2D eigenvalue weighted by molar-refractivity contribution is -0.142. The third kappa shape index (κ3) is 2.27. The van der Waals surface area contributed by atoms with Crippen molar-refractivity contribution in [2.75, 3.05) is 0 Å². The van der Waals surface area contributed by atoms with Crippen molar-refractivity contribution in [2.45, 2.75) is 6.18 Å². The van der Waals surface area contributed by atoms with Crippen LogP contribution in [-0.4, -0.2) is 9.78 Å². The highest BCUT2D eigenvalue weighted by Gasteiger charge is 2.38. The lowest BCUT2D eigenvalue weighted by Gasteiger charge is -2.03. The summed E-state index contributed by atoms with van der Waals surface area (Å²) in [6, 6.07) is 5.32. The van der Waals surface area contributed by atoms with Gasteiger partial charge < -0.3 is 0 Å². The third-order valence-corrected chi connectivity index (χ3v) is 3.11. The summed E-state index contributed by atoms with van der Waals surface area (Å²) in [7, 11) is 1.38. The minimum Gasteiger partial charge on any atom is -0.266 e. The van der Waals surface area contributed by atoms with Crippen molar-refractivity contribution in [3.8, 4) is 11.3 Å². The van der Waals surface area contributed by atoms with Crippen LogP contribution >= 0.6 is 15.9 Å². The molecule has 0 atom stereocenters. The topological polar surface area (TPSA) is 17.8 Å². The van der Waals surface area contributed by atoms with Crippen LogP contribution < -0.4 is 0 Å². The minimum absolute atomic E-state index is 0.182. The molecule has 0 unspecified atom stereocenters. The Morgan fingerprint density at radius 1 is 1.28 bits per heavy atom. The fourth-order valence-electron chi connectivity index (χ4n) is 1.63. The Bertz CT molecular complexity index is 589. The number of rotatable bonds is 1. The van der Waals surface area contributed by atoms with Gasteiger partial charge in [0.1, 0.15) is 5.82 Å². The maximum Gasteiger partial charge on any atom is 0.436 e. The van der Waals surface area contributed by atoms with Gasteiger partial charge in [-0.3, -0.25) is 4.68 Å². The highest BCUT2D eigenvalue weighted by molar-refractivity contribution is 9.10. The van der Waals surface area contributed by atoms with Gasteiger partial charge in [-0.1, -0.05) is 12.1 Å². The Morgan fingerprint density at radius 3 is 2.44 bits per heavy atom. The Morgan fingerprint density at radius 2 is 1.94 bits per heavy atom. The summed E-state index contributed by atoms with van der Waals surface area (Å²) in [6.07, 6.45) is -4.55. The molecule has 0 aliphatic heterocycles. The molecule has 0 spiro atoms. The van der Waals surface area contributed by atoms with Crippen LogP contribution in [0.5, 0.6) is 0 Å². The van der Waals surface area contributed by atoms with Gasteiger partial charge in [0.15, 0.2) is 5.69 Å². The zero-order chi connectivity index (χ0) is 13.5. The summed E-state index contributed by atoms with van der Waals surface area (Å²) >= 11 is 2.87. The maximum absolute atomic E-state index is 13.1. The van der Waals surface area contributed by atoms with Crippen molar-refractivity contribution >= 4 is 15.9 Å². The number of nitrogens with zero attached hydrogens (tertiary/aromatic N) is 2. The van der Waals surface area contributed by atoms with Gasteiger partial charge >= 0.3 is 6.18 Å². The molecule has 0 aliphatic carbocycles. The van der Waals surface area contributed by atoms with Gasteiger partial charge in [0.05, 0.1) is 10.2 Å². The molecule has 96 valence electrons. The first kappa shape index (κ1) is 13.1. The number of aromatic nitrogens is 2. The van der Waals surface area contributed by atoms with Crippen molar-refractivity contribution < 1.29 is 17.6 Å². The number of aryl methyl sites for hydroxylation is 1. The van der Waals surface area contributed by atoms with Crippen molar-refractivity contribution in [1.29, 1.82) is 0 Å². The van der Waals surface area contributed by atoms with E-state index in [1.54, 1.807) is 0 Å². The zero-order valence-electron chi connectivity index (χ0n) is 9.09. The Balaban J connectivity index is 2.63. The van der Waals surface area contributed by atoms with E-state index in [0.29, 0.717) is 5.56 Å². The molecule has 0 bridgehead atoms. The highest BCUT2D eigenvalue weighted by Crippen LogP contribution is 2.39. The molecular formula is C11H7BrF4N2. The normalized spacial score (nSPS) is 11.9. The molecule has 0 fully saturated rings. The summed E-state index contributed by atoms with van der Waals surface area (Å²) in [6.45, 7) is 0. The second-order valence-electron chi connectivity index (χ2n) is 3.64. The molecule has 2 aromatic rings. The molecule has 1 heterocycles. The molecule has 0 N–H and O–H groups in total. The molecule has 0 saturated heterocycles. The van der Waals surface area contributed by atoms with Crippen LogP contribution in [0.3, 0.4) is 0 Å². The molecular weight excluding hydrogens is 316 g/mol. The van der Waals surface area contributed by atoms with Crippen LogP contribution in [0.2, 0.25) is 0 Å².